The van der Waals surface area contributed by atoms with Crippen molar-refractivity contribution in [2.24, 2.45) is 5.92 Å². The van der Waals surface area contributed by atoms with Crippen LogP contribution in [0.4, 0.5) is 0 Å². The van der Waals surface area contributed by atoms with Gasteiger partial charge in [0, 0.05) is 31.0 Å². The summed E-state index contributed by atoms with van der Waals surface area (Å²) in [7, 11) is 1.62. The van der Waals surface area contributed by atoms with Gasteiger partial charge < -0.3 is 29.9 Å². The molecule has 2 aliphatic rings. The van der Waals surface area contributed by atoms with Gasteiger partial charge in [-0.3, -0.25) is 9.59 Å². The van der Waals surface area contributed by atoms with Crippen LogP contribution in [0.25, 0.3) is 0 Å². The summed E-state index contributed by atoms with van der Waals surface area (Å²) in [5, 5.41) is 23.5. The second-order valence-corrected chi connectivity index (χ2v) is 10.9. The number of carbonyl (C=O) groups is 2. The van der Waals surface area contributed by atoms with Crippen LogP contribution in [0.5, 0.6) is 11.5 Å². The highest BCUT2D eigenvalue weighted by Crippen LogP contribution is 2.34. The number of hydrogen-bond acceptors (Lipinski definition) is 6. The van der Waals surface area contributed by atoms with E-state index in [0.717, 1.165) is 34.1 Å². The molecule has 3 N–H and O–H groups in total. The van der Waals surface area contributed by atoms with Gasteiger partial charge in [0.15, 0.2) is 0 Å². The molecule has 0 heterocycles. The van der Waals surface area contributed by atoms with Crippen LogP contribution in [0.15, 0.2) is 60.2 Å². The van der Waals surface area contributed by atoms with Gasteiger partial charge in [-0.25, -0.2) is 0 Å². The summed E-state index contributed by atoms with van der Waals surface area (Å²) >= 11 is 2.17. The number of hydrogen-bond donors (Lipinski definition) is 3. The van der Waals surface area contributed by atoms with Gasteiger partial charge in [-0.05, 0) is 77.8 Å². The number of carbonyl (C=O) groups excluding carboxylic acids is 2. The molecule has 3 atom stereocenters. The lowest BCUT2D eigenvalue weighted by Crippen LogP contribution is -2.57. The first-order valence-corrected chi connectivity index (χ1v) is 14.1. The SMILES string of the molecule is COc1cccc(CCN(C(=O)C2CCC2)C2CC(C(=O)NCCO)=CC(Oc3ccccc3I)C2O)c1. The van der Waals surface area contributed by atoms with Gasteiger partial charge in [0.2, 0.25) is 11.8 Å². The van der Waals surface area contributed by atoms with E-state index in [-0.39, 0.29) is 37.3 Å². The molecule has 2 aromatic rings. The van der Waals surface area contributed by atoms with Crippen molar-refractivity contribution in [1.82, 2.24) is 10.2 Å². The molecule has 0 bridgehead atoms. The van der Waals surface area contributed by atoms with Gasteiger partial charge >= 0.3 is 0 Å². The lowest BCUT2D eigenvalue weighted by molar-refractivity contribution is -0.145. The predicted molar refractivity (Wildman–Crippen MR) is 152 cm³/mol. The van der Waals surface area contributed by atoms with E-state index in [9.17, 15) is 19.8 Å². The minimum absolute atomic E-state index is 0.00764. The molecule has 4 rings (SSSR count). The third-order valence-electron chi connectivity index (χ3n) is 7.23. The van der Waals surface area contributed by atoms with Crippen molar-refractivity contribution >= 4 is 34.4 Å². The predicted octanol–water partition coefficient (Wildman–Crippen LogP) is 3.09. The monoisotopic (exact) mass is 634 g/mol. The number of halogens is 1. The summed E-state index contributed by atoms with van der Waals surface area (Å²) in [6, 6.07) is 14.6. The number of rotatable bonds is 11. The maximum Gasteiger partial charge on any atom is 0.247 e. The molecule has 0 saturated heterocycles. The maximum atomic E-state index is 13.7. The summed E-state index contributed by atoms with van der Waals surface area (Å²) in [5.74, 6) is 0.940. The van der Waals surface area contributed by atoms with Crippen LogP contribution < -0.4 is 14.8 Å². The number of ether oxygens (including phenoxy) is 2. The summed E-state index contributed by atoms with van der Waals surface area (Å²) < 4.78 is 12.4. The molecule has 2 amide bonds. The molecular weight excluding hydrogens is 599 g/mol. The summed E-state index contributed by atoms with van der Waals surface area (Å²) in [6.07, 6.45) is 3.24. The number of methoxy groups -OCH3 is 1. The van der Waals surface area contributed by atoms with Gasteiger partial charge in [0.25, 0.3) is 0 Å². The Balaban J connectivity index is 1.63. The fourth-order valence-corrected chi connectivity index (χ4v) is 5.39. The summed E-state index contributed by atoms with van der Waals surface area (Å²) in [5.41, 5.74) is 1.45. The average molecular weight is 635 g/mol. The number of aliphatic hydroxyl groups excluding tert-OH is 2. The number of aliphatic hydroxyl groups is 2. The topological polar surface area (TPSA) is 108 Å². The van der Waals surface area contributed by atoms with E-state index in [0.29, 0.717) is 24.3 Å². The molecule has 0 radical (unpaired) electrons. The minimum Gasteiger partial charge on any atom is -0.497 e. The Morgan fingerprint density at radius 1 is 1.16 bits per heavy atom. The second kappa shape index (κ2) is 13.4. The largest absolute Gasteiger partial charge is 0.497 e. The smallest absolute Gasteiger partial charge is 0.247 e. The van der Waals surface area contributed by atoms with Gasteiger partial charge in [0.05, 0.1) is 23.3 Å². The van der Waals surface area contributed by atoms with E-state index in [4.69, 9.17) is 9.47 Å². The average Bonchev–Trinajstić information content (AvgIpc) is 2.89. The fraction of sp³-hybridized carbons (Fsp3) is 0.448. The number of benzene rings is 2. The van der Waals surface area contributed by atoms with E-state index in [1.807, 2.05) is 48.5 Å². The molecular formula is C29H35IN2O6. The minimum atomic E-state index is -1.03. The van der Waals surface area contributed by atoms with Crippen molar-refractivity contribution in [3.05, 3.63) is 69.3 Å². The summed E-state index contributed by atoms with van der Waals surface area (Å²) in [6.45, 7) is 0.331. The first-order chi connectivity index (χ1) is 18.4. The lowest BCUT2D eigenvalue weighted by Gasteiger charge is -2.43. The van der Waals surface area contributed by atoms with Gasteiger partial charge in [-0.2, -0.15) is 0 Å². The molecule has 9 heteroatoms. The van der Waals surface area contributed by atoms with Crippen molar-refractivity contribution in [1.29, 1.82) is 0 Å². The molecule has 0 aliphatic heterocycles. The highest BCUT2D eigenvalue weighted by molar-refractivity contribution is 14.1. The molecule has 2 aromatic carbocycles. The van der Waals surface area contributed by atoms with Crippen LogP contribution in [0.1, 0.15) is 31.2 Å². The Morgan fingerprint density at radius 2 is 1.95 bits per heavy atom. The Kier molecular flexibility index (Phi) is 10.0. The maximum absolute atomic E-state index is 13.7. The molecule has 2 aliphatic carbocycles. The van der Waals surface area contributed by atoms with Crippen molar-refractivity contribution in [2.45, 2.75) is 50.4 Å². The Morgan fingerprint density at radius 3 is 2.63 bits per heavy atom. The molecule has 204 valence electrons. The van der Waals surface area contributed by atoms with E-state index in [1.54, 1.807) is 18.1 Å². The molecule has 1 fully saturated rings. The van der Waals surface area contributed by atoms with Gasteiger partial charge in [-0.1, -0.05) is 30.7 Å². The van der Waals surface area contributed by atoms with E-state index >= 15 is 0 Å². The van der Waals surface area contributed by atoms with E-state index < -0.39 is 18.2 Å². The van der Waals surface area contributed by atoms with E-state index in [1.165, 1.54) is 0 Å². The highest BCUT2D eigenvalue weighted by Gasteiger charge is 2.42. The molecule has 0 aromatic heterocycles. The van der Waals surface area contributed by atoms with Crippen LogP contribution in [0.2, 0.25) is 0 Å². The number of amides is 2. The molecule has 3 unspecified atom stereocenters. The zero-order valence-electron chi connectivity index (χ0n) is 21.5. The van der Waals surface area contributed by atoms with Gasteiger partial charge in [0.1, 0.15) is 23.7 Å². The highest BCUT2D eigenvalue weighted by atomic mass is 127. The van der Waals surface area contributed by atoms with Crippen LogP contribution >= 0.6 is 22.6 Å². The van der Waals surface area contributed by atoms with Crippen LogP contribution in [-0.4, -0.2) is 72.0 Å². The van der Waals surface area contributed by atoms with Crippen molar-refractivity contribution < 1.29 is 29.3 Å². The zero-order chi connectivity index (χ0) is 27.1. The second-order valence-electron chi connectivity index (χ2n) is 9.71. The third kappa shape index (κ3) is 6.86. The molecule has 8 nitrogen and oxygen atoms in total. The first kappa shape index (κ1) is 28.4. The Labute approximate surface area is 237 Å². The Hall–Kier alpha value is -2.63. The van der Waals surface area contributed by atoms with Gasteiger partial charge in [-0.15, -0.1) is 0 Å². The Bertz CT molecular complexity index is 1150. The van der Waals surface area contributed by atoms with E-state index in [2.05, 4.69) is 27.9 Å². The van der Waals surface area contributed by atoms with Crippen molar-refractivity contribution in [3.63, 3.8) is 0 Å². The van der Waals surface area contributed by atoms with Crippen LogP contribution in [0.3, 0.4) is 0 Å². The van der Waals surface area contributed by atoms with Crippen molar-refractivity contribution in [2.75, 3.05) is 26.8 Å². The number of para-hydroxylation sites is 1. The fourth-order valence-electron chi connectivity index (χ4n) is 4.87. The van der Waals surface area contributed by atoms with Crippen molar-refractivity contribution in [3.8, 4) is 11.5 Å². The molecule has 38 heavy (non-hydrogen) atoms. The number of nitrogens with one attached hydrogen (secondary N) is 1. The lowest BCUT2D eigenvalue weighted by atomic mass is 9.82. The first-order valence-electron chi connectivity index (χ1n) is 13.0. The normalized spacial score (nSPS) is 21.2. The molecule has 0 spiro atoms. The number of nitrogens with zero attached hydrogens (tertiary/aromatic N) is 1. The summed E-state index contributed by atoms with van der Waals surface area (Å²) in [4.78, 5) is 28.4. The zero-order valence-corrected chi connectivity index (χ0v) is 23.7. The molecule has 1 saturated carbocycles. The van der Waals surface area contributed by atoms with Crippen LogP contribution in [0, 0.1) is 9.49 Å². The third-order valence-corrected chi connectivity index (χ3v) is 8.12. The standard InChI is InChI=1S/C29H35IN2O6/c1-37-22-9-4-6-19(16-22)12-14-32(29(36)20-7-5-8-20)24-17-21(28(35)31-13-15-33)18-26(27(24)34)38-25-11-3-2-10-23(25)30/h2-4,6,9-11,16,18,20,24,26-27,33-34H,5,7-8,12-15,17H2,1H3,(H,31,35). The quantitative estimate of drug-likeness (QED) is 0.328. The van der Waals surface area contributed by atoms with Crippen LogP contribution in [-0.2, 0) is 16.0 Å².